The van der Waals surface area contributed by atoms with Gasteiger partial charge in [0.05, 0.1) is 12.7 Å². The van der Waals surface area contributed by atoms with Gasteiger partial charge in [-0.3, -0.25) is 4.79 Å². The van der Waals surface area contributed by atoms with E-state index in [1.165, 1.54) is 0 Å². The van der Waals surface area contributed by atoms with Gasteiger partial charge in [0, 0.05) is 0 Å². The van der Waals surface area contributed by atoms with E-state index < -0.39 is 23.6 Å². The molecule has 4 nitrogen and oxygen atoms in total. The molecule has 39 heavy (non-hydrogen) atoms. The van der Waals surface area contributed by atoms with Gasteiger partial charge in [-0.25, -0.2) is 0 Å². The number of ether oxygens (including phenoxy) is 1. The van der Waals surface area contributed by atoms with Crippen LogP contribution in [0.4, 0.5) is 0 Å². The fraction of sp³-hybridized carbons (Fsp3) is 0.171. The van der Waals surface area contributed by atoms with E-state index in [0.717, 1.165) is 33.0 Å². The molecule has 0 heterocycles. The van der Waals surface area contributed by atoms with Crippen molar-refractivity contribution < 1.29 is 19.7 Å². The Morgan fingerprint density at radius 3 is 1.69 bits per heavy atom. The summed E-state index contributed by atoms with van der Waals surface area (Å²) in [5.74, 6) is -2.18. The quantitative estimate of drug-likeness (QED) is 0.189. The van der Waals surface area contributed by atoms with Crippen LogP contribution < -0.4 is 0 Å². The average Bonchev–Trinajstić information content (AvgIpc) is 2.99. The number of hydrogen-bond acceptors (Lipinski definition) is 3. The molecule has 5 aromatic rings. The number of aliphatic hydroxyl groups is 1. The van der Waals surface area contributed by atoms with E-state index in [-0.39, 0.29) is 6.61 Å². The third-order valence-corrected chi connectivity index (χ3v) is 7.39. The highest BCUT2D eigenvalue weighted by Gasteiger charge is 2.40. The molecule has 196 valence electrons. The van der Waals surface area contributed by atoms with E-state index in [0.29, 0.717) is 12.8 Å². The lowest BCUT2D eigenvalue weighted by Crippen LogP contribution is -2.39. The second-order valence-electron chi connectivity index (χ2n) is 9.78. The van der Waals surface area contributed by atoms with E-state index in [4.69, 9.17) is 4.74 Å². The maximum Gasteiger partial charge on any atom is 0.311 e. The van der Waals surface area contributed by atoms with Crippen LogP contribution in [0.2, 0.25) is 0 Å². The number of benzene rings is 5. The number of carboxylic acid groups (broad SMARTS) is 1. The van der Waals surface area contributed by atoms with Gasteiger partial charge in [-0.2, -0.15) is 0 Å². The van der Waals surface area contributed by atoms with Crippen LogP contribution >= 0.6 is 0 Å². The van der Waals surface area contributed by atoms with Gasteiger partial charge in [-0.1, -0.05) is 133 Å². The van der Waals surface area contributed by atoms with Crippen molar-refractivity contribution in [3.8, 4) is 0 Å². The lowest BCUT2D eigenvalue weighted by molar-refractivity contribution is -0.151. The highest BCUT2D eigenvalue weighted by Crippen LogP contribution is 2.41. The molecule has 0 unspecified atom stereocenters. The summed E-state index contributed by atoms with van der Waals surface area (Å²) in [6, 6.07) is 43.7. The summed E-state index contributed by atoms with van der Waals surface area (Å²) in [5, 5.41) is 23.6. The molecule has 0 aliphatic heterocycles. The third-order valence-electron chi connectivity index (χ3n) is 7.39. The van der Waals surface area contributed by atoms with Crippen molar-refractivity contribution in [2.75, 3.05) is 6.61 Å². The summed E-state index contributed by atoms with van der Waals surface area (Å²) in [6.45, 7) is -0.162. The fourth-order valence-electron chi connectivity index (χ4n) is 5.35. The first-order chi connectivity index (χ1) is 19.1. The summed E-state index contributed by atoms with van der Waals surface area (Å²) in [6.07, 6.45) is -0.210. The van der Waals surface area contributed by atoms with E-state index in [1.807, 2.05) is 115 Å². The van der Waals surface area contributed by atoms with Crippen LogP contribution in [0.25, 0.3) is 10.8 Å². The topological polar surface area (TPSA) is 66.8 Å². The Labute approximate surface area is 229 Å². The van der Waals surface area contributed by atoms with Crippen molar-refractivity contribution in [1.29, 1.82) is 0 Å². The Balaban J connectivity index is 1.45. The van der Waals surface area contributed by atoms with Crippen molar-refractivity contribution in [3.63, 3.8) is 0 Å². The second-order valence-corrected chi connectivity index (χ2v) is 9.78. The minimum Gasteiger partial charge on any atom is -0.481 e. The Bertz CT molecular complexity index is 1400. The number of carboxylic acids is 1. The van der Waals surface area contributed by atoms with Gasteiger partial charge in [0.1, 0.15) is 11.5 Å². The molecule has 2 atom stereocenters. The van der Waals surface area contributed by atoms with Gasteiger partial charge in [0.15, 0.2) is 0 Å². The van der Waals surface area contributed by atoms with Crippen molar-refractivity contribution >= 4 is 16.7 Å². The Kier molecular flexibility index (Phi) is 8.16. The van der Waals surface area contributed by atoms with Gasteiger partial charge in [0.25, 0.3) is 0 Å². The molecule has 4 heteroatoms. The van der Waals surface area contributed by atoms with Crippen LogP contribution in [-0.4, -0.2) is 28.9 Å². The smallest absolute Gasteiger partial charge is 0.311 e. The highest BCUT2D eigenvalue weighted by atomic mass is 16.5. The van der Waals surface area contributed by atoms with Crippen LogP contribution in [0.15, 0.2) is 133 Å². The minimum atomic E-state index is -1.10. The number of aliphatic carboxylic acids is 1. The van der Waals surface area contributed by atoms with E-state index in [1.54, 1.807) is 0 Å². The fourth-order valence-corrected chi connectivity index (χ4v) is 5.35. The van der Waals surface area contributed by atoms with Crippen molar-refractivity contribution in [3.05, 3.63) is 156 Å². The Hall–Kier alpha value is -4.25. The molecule has 0 aromatic heterocycles. The van der Waals surface area contributed by atoms with Gasteiger partial charge in [0.2, 0.25) is 0 Å². The zero-order valence-electron chi connectivity index (χ0n) is 21.7. The molecule has 0 spiro atoms. The molecule has 5 rings (SSSR count). The van der Waals surface area contributed by atoms with E-state index in [9.17, 15) is 15.0 Å². The predicted molar refractivity (Wildman–Crippen MR) is 155 cm³/mol. The summed E-state index contributed by atoms with van der Waals surface area (Å²) >= 11 is 0. The largest absolute Gasteiger partial charge is 0.481 e. The van der Waals surface area contributed by atoms with Crippen LogP contribution in [-0.2, 0) is 21.6 Å². The number of aliphatic hydroxyl groups excluding tert-OH is 1. The molecule has 0 bridgehead atoms. The van der Waals surface area contributed by atoms with Crippen molar-refractivity contribution in [2.24, 2.45) is 5.92 Å². The van der Waals surface area contributed by atoms with Crippen molar-refractivity contribution in [1.82, 2.24) is 0 Å². The SMILES string of the molecule is O=C(O)[C@@H](COC(c1ccccc1)(c1ccccc1)c1ccccc1)[C@@H](O)CCc1cccc2ccccc12. The Morgan fingerprint density at radius 1 is 0.667 bits per heavy atom. The molecule has 0 radical (unpaired) electrons. The maximum absolute atomic E-state index is 12.5. The van der Waals surface area contributed by atoms with Crippen LogP contribution in [0.1, 0.15) is 28.7 Å². The lowest BCUT2D eigenvalue weighted by Gasteiger charge is -2.37. The third kappa shape index (κ3) is 5.63. The summed E-state index contributed by atoms with van der Waals surface area (Å²) < 4.78 is 6.71. The zero-order chi connectivity index (χ0) is 27.1. The van der Waals surface area contributed by atoms with E-state index in [2.05, 4.69) is 18.2 Å². The summed E-state index contributed by atoms with van der Waals surface area (Å²) in [5.41, 5.74) is 2.70. The zero-order valence-corrected chi connectivity index (χ0v) is 21.7. The molecule has 0 saturated carbocycles. The first kappa shape index (κ1) is 26.4. The highest BCUT2D eigenvalue weighted by molar-refractivity contribution is 5.85. The predicted octanol–water partition coefficient (Wildman–Crippen LogP) is 6.84. The molecule has 0 amide bonds. The second kappa shape index (κ2) is 12.1. The first-order valence-electron chi connectivity index (χ1n) is 13.3. The van der Waals surface area contributed by atoms with Crippen LogP contribution in [0.3, 0.4) is 0 Å². The minimum absolute atomic E-state index is 0.162. The van der Waals surface area contributed by atoms with Gasteiger partial charge < -0.3 is 14.9 Å². The molecular weight excluding hydrogens is 484 g/mol. The molecule has 2 N–H and O–H groups in total. The van der Waals surface area contributed by atoms with Crippen molar-refractivity contribution in [2.45, 2.75) is 24.5 Å². The molecule has 0 aliphatic rings. The normalized spacial score (nSPS) is 13.2. The number of fused-ring (bicyclic) bond motifs is 1. The molecular formula is C35H32O4. The molecule has 0 saturated heterocycles. The average molecular weight is 517 g/mol. The monoisotopic (exact) mass is 516 g/mol. The van der Waals surface area contributed by atoms with Crippen LogP contribution in [0.5, 0.6) is 0 Å². The standard InChI is InChI=1S/C35H32O4/c36-33(24-23-27-15-12-14-26-13-10-11-22-31(26)27)32(34(37)38)25-39-35(28-16-4-1-5-17-28,29-18-6-2-7-19-29)30-20-8-3-9-21-30/h1-22,32-33,36H,23-25H2,(H,37,38)/t32-,33-/m0/s1. The maximum atomic E-state index is 12.5. The first-order valence-corrected chi connectivity index (χ1v) is 13.3. The van der Waals surface area contributed by atoms with Gasteiger partial charge in [-0.15, -0.1) is 0 Å². The molecule has 0 fully saturated rings. The van der Waals surface area contributed by atoms with Crippen LogP contribution in [0, 0.1) is 5.92 Å². The van der Waals surface area contributed by atoms with Gasteiger partial charge in [-0.05, 0) is 45.9 Å². The summed E-state index contributed by atoms with van der Waals surface area (Å²) in [4.78, 5) is 12.5. The number of carbonyl (C=O) groups is 1. The van der Waals surface area contributed by atoms with Gasteiger partial charge >= 0.3 is 5.97 Å². The lowest BCUT2D eigenvalue weighted by atomic mass is 9.80. The number of rotatable bonds is 11. The van der Waals surface area contributed by atoms with E-state index >= 15 is 0 Å². The summed E-state index contributed by atoms with van der Waals surface area (Å²) in [7, 11) is 0. The molecule has 5 aromatic carbocycles. The number of aryl methyl sites for hydroxylation is 1. The number of hydrogen-bond donors (Lipinski definition) is 2. The Morgan fingerprint density at radius 2 is 1.15 bits per heavy atom. The molecule has 0 aliphatic carbocycles.